The maximum atomic E-state index is 10.4. The number of aliphatic hydroxyl groups excluding tert-OH is 2. The van der Waals surface area contributed by atoms with Gasteiger partial charge in [0.25, 0.3) is 0 Å². The van der Waals surface area contributed by atoms with Crippen LogP contribution in [0.4, 0.5) is 0 Å². The number of aliphatic carboxylic acids is 1. The zero-order valence-corrected chi connectivity index (χ0v) is 8.48. The highest BCUT2D eigenvalue weighted by Crippen LogP contribution is 2.29. The molecule has 4 heteroatoms. The van der Waals surface area contributed by atoms with E-state index in [1.165, 1.54) is 0 Å². The summed E-state index contributed by atoms with van der Waals surface area (Å²) in [7, 11) is 0. The number of rotatable bonds is 3. The molecule has 0 fully saturated rings. The highest BCUT2D eigenvalue weighted by molar-refractivity contribution is 5.72. The maximum absolute atomic E-state index is 10.4. The van der Waals surface area contributed by atoms with E-state index in [4.69, 9.17) is 10.2 Å². The summed E-state index contributed by atoms with van der Waals surface area (Å²) in [5, 5.41) is 27.0. The Morgan fingerprint density at radius 2 is 1.62 bits per heavy atom. The van der Waals surface area contributed by atoms with Gasteiger partial charge in [-0.1, -0.05) is 27.7 Å². The highest BCUT2D eigenvalue weighted by atomic mass is 16.4. The lowest BCUT2D eigenvalue weighted by Crippen LogP contribution is -2.42. The third-order valence-corrected chi connectivity index (χ3v) is 2.45. The Morgan fingerprint density at radius 1 is 1.23 bits per heavy atom. The largest absolute Gasteiger partial charge is 0.479 e. The van der Waals surface area contributed by atoms with Crippen LogP contribution in [-0.2, 0) is 4.79 Å². The fraction of sp³-hybridized carbons (Fsp3) is 0.889. The molecular formula is C9H18O4. The fourth-order valence-corrected chi connectivity index (χ4v) is 0.932. The van der Waals surface area contributed by atoms with Crippen molar-refractivity contribution in [3.63, 3.8) is 0 Å². The molecule has 0 aromatic heterocycles. The normalized spacial score (nSPS) is 19.2. The van der Waals surface area contributed by atoms with Gasteiger partial charge in [0.15, 0.2) is 6.10 Å². The summed E-state index contributed by atoms with van der Waals surface area (Å²) in [6.07, 6.45) is -2.92. The molecule has 0 rings (SSSR count). The van der Waals surface area contributed by atoms with Gasteiger partial charge in [-0.2, -0.15) is 0 Å². The lowest BCUT2D eigenvalue weighted by molar-refractivity contribution is -0.156. The van der Waals surface area contributed by atoms with E-state index in [1.54, 1.807) is 6.92 Å². The smallest absolute Gasteiger partial charge is 0.335 e. The summed E-state index contributed by atoms with van der Waals surface area (Å²) in [4.78, 5) is 10.4. The first kappa shape index (κ1) is 12.4. The average Bonchev–Trinajstić information content (AvgIpc) is 1.98. The van der Waals surface area contributed by atoms with Crippen LogP contribution in [0.3, 0.4) is 0 Å². The van der Waals surface area contributed by atoms with Crippen LogP contribution in [0.2, 0.25) is 0 Å². The van der Waals surface area contributed by atoms with E-state index in [0.717, 1.165) is 0 Å². The Morgan fingerprint density at radius 3 is 1.85 bits per heavy atom. The molecule has 0 aliphatic rings. The molecule has 3 N–H and O–H groups in total. The predicted molar refractivity (Wildman–Crippen MR) is 48.3 cm³/mol. The SMILES string of the molecule is CC(C(O)C(O)C(=O)O)C(C)(C)C. The minimum Gasteiger partial charge on any atom is -0.479 e. The van der Waals surface area contributed by atoms with Crippen molar-refractivity contribution in [3.05, 3.63) is 0 Å². The van der Waals surface area contributed by atoms with Crippen molar-refractivity contribution in [2.45, 2.75) is 39.9 Å². The highest BCUT2D eigenvalue weighted by Gasteiger charge is 2.34. The van der Waals surface area contributed by atoms with E-state index in [1.807, 2.05) is 20.8 Å². The molecule has 0 bridgehead atoms. The fourth-order valence-electron chi connectivity index (χ4n) is 0.932. The number of carboxylic acid groups (broad SMARTS) is 1. The summed E-state index contributed by atoms with van der Waals surface area (Å²) in [5.41, 5.74) is -0.226. The number of carboxylic acids is 1. The standard InChI is InChI=1S/C9H18O4/c1-5(9(2,3)4)6(10)7(11)8(12)13/h5-7,10-11H,1-4H3,(H,12,13). The Labute approximate surface area is 78.2 Å². The molecule has 0 aliphatic heterocycles. The van der Waals surface area contributed by atoms with Gasteiger partial charge in [-0.15, -0.1) is 0 Å². The summed E-state index contributed by atoms with van der Waals surface area (Å²) in [5.74, 6) is -1.66. The van der Waals surface area contributed by atoms with Crippen molar-refractivity contribution in [3.8, 4) is 0 Å². The minimum atomic E-state index is -1.70. The number of carbonyl (C=O) groups is 1. The van der Waals surface area contributed by atoms with Crippen LogP contribution in [-0.4, -0.2) is 33.5 Å². The van der Waals surface area contributed by atoms with Gasteiger partial charge in [0.1, 0.15) is 0 Å². The zero-order valence-electron chi connectivity index (χ0n) is 8.48. The molecule has 3 unspecified atom stereocenters. The van der Waals surface area contributed by atoms with Crippen molar-refractivity contribution >= 4 is 5.97 Å². The maximum Gasteiger partial charge on any atom is 0.335 e. The number of hydrogen-bond acceptors (Lipinski definition) is 3. The molecule has 0 spiro atoms. The van der Waals surface area contributed by atoms with Crippen LogP contribution in [0.1, 0.15) is 27.7 Å². The quantitative estimate of drug-likeness (QED) is 0.604. The van der Waals surface area contributed by atoms with Crippen molar-refractivity contribution in [2.24, 2.45) is 11.3 Å². The van der Waals surface area contributed by atoms with Crippen molar-refractivity contribution in [1.29, 1.82) is 0 Å². The van der Waals surface area contributed by atoms with E-state index < -0.39 is 18.2 Å². The van der Waals surface area contributed by atoms with Crippen LogP contribution in [0.15, 0.2) is 0 Å². The third-order valence-electron chi connectivity index (χ3n) is 2.45. The van der Waals surface area contributed by atoms with Crippen LogP contribution >= 0.6 is 0 Å². The van der Waals surface area contributed by atoms with E-state index >= 15 is 0 Å². The van der Waals surface area contributed by atoms with Crippen molar-refractivity contribution in [1.82, 2.24) is 0 Å². The lowest BCUT2D eigenvalue weighted by atomic mass is 9.77. The van der Waals surface area contributed by atoms with Crippen LogP contribution in [0.5, 0.6) is 0 Å². The monoisotopic (exact) mass is 190 g/mol. The second-order valence-corrected chi connectivity index (χ2v) is 4.43. The molecule has 0 radical (unpaired) electrons. The van der Waals surface area contributed by atoms with Gasteiger partial charge in [0, 0.05) is 0 Å². The van der Waals surface area contributed by atoms with Crippen LogP contribution in [0.25, 0.3) is 0 Å². The Kier molecular flexibility index (Phi) is 3.88. The van der Waals surface area contributed by atoms with E-state index in [0.29, 0.717) is 0 Å². The first-order chi connectivity index (χ1) is 5.68. The Hall–Kier alpha value is -0.610. The van der Waals surface area contributed by atoms with Gasteiger partial charge >= 0.3 is 5.97 Å². The minimum absolute atomic E-state index is 0.226. The lowest BCUT2D eigenvalue weighted by Gasteiger charge is -2.32. The molecule has 78 valence electrons. The molecule has 3 atom stereocenters. The van der Waals surface area contributed by atoms with Crippen molar-refractivity contribution < 1.29 is 20.1 Å². The van der Waals surface area contributed by atoms with E-state index in [-0.39, 0.29) is 11.3 Å². The number of aliphatic hydroxyl groups is 2. The molecule has 0 aromatic rings. The van der Waals surface area contributed by atoms with Gasteiger partial charge in [-0.3, -0.25) is 0 Å². The first-order valence-corrected chi connectivity index (χ1v) is 4.27. The summed E-state index contributed by atoms with van der Waals surface area (Å²) < 4.78 is 0. The molecule has 13 heavy (non-hydrogen) atoms. The second-order valence-electron chi connectivity index (χ2n) is 4.43. The molecule has 0 saturated heterocycles. The first-order valence-electron chi connectivity index (χ1n) is 4.27. The molecule has 0 amide bonds. The van der Waals surface area contributed by atoms with Crippen molar-refractivity contribution in [2.75, 3.05) is 0 Å². The van der Waals surface area contributed by atoms with Crippen LogP contribution in [0, 0.1) is 11.3 Å². The van der Waals surface area contributed by atoms with Crippen LogP contribution < -0.4 is 0 Å². The van der Waals surface area contributed by atoms with E-state index in [2.05, 4.69) is 0 Å². The molecule has 0 heterocycles. The molecule has 0 aromatic carbocycles. The van der Waals surface area contributed by atoms with Gasteiger partial charge in [-0.25, -0.2) is 4.79 Å². The van der Waals surface area contributed by atoms with Gasteiger partial charge < -0.3 is 15.3 Å². The third kappa shape index (κ3) is 3.32. The summed E-state index contributed by atoms with van der Waals surface area (Å²) in [6.45, 7) is 7.37. The van der Waals surface area contributed by atoms with Gasteiger partial charge in [0.05, 0.1) is 6.10 Å². The second kappa shape index (κ2) is 4.07. The Balaban J connectivity index is 4.42. The van der Waals surface area contributed by atoms with E-state index in [9.17, 15) is 9.90 Å². The average molecular weight is 190 g/mol. The van der Waals surface area contributed by atoms with Gasteiger partial charge in [0.2, 0.25) is 0 Å². The molecule has 0 saturated carbocycles. The van der Waals surface area contributed by atoms with Gasteiger partial charge in [-0.05, 0) is 11.3 Å². The number of hydrogen-bond donors (Lipinski definition) is 3. The Bertz CT molecular complexity index is 183. The molecular weight excluding hydrogens is 172 g/mol. The molecule has 0 aliphatic carbocycles. The zero-order chi connectivity index (χ0) is 10.8. The summed E-state index contributed by atoms with van der Waals surface area (Å²) in [6, 6.07) is 0. The topological polar surface area (TPSA) is 77.8 Å². The molecule has 4 nitrogen and oxygen atoms in total. The summed E-state index contributed by atoms with van der Waals surface area (Å²) >= 11 is 0. The predicted octanol–water partition coefficient (Wildman–Crippen LogP) is 0.475.